The maximum absolute atomic E-state index is 12.0. The number of aryl methyl sites for hydroxylation is 2. The molecule has 0 radical (unpaired) electrons. The van der Waals surface area contributed by atoms with Gasteiger partial charge in [-0.15, -0.1) is 23.7 Å². The van der Waals surface area contributed by atoms with Gasteiger partial charge in [0.15, 0.2) is 5.13 Å². The van der Waals surface area contributed by atoms with E-state index in [1.165, 1.54) is 11.3 Å². The number of carbonyl (C=O) groups is 1. The molecule has 3 N–H and O–H groups in total. The van der Waals surface area contributed by atoms with Gasteiger partial charge >= 0.3 is 0 Å². The number of carbonyl (C=O) groups excluding carboxylic acids is 1. The molecular formula is C12H20ClN3O2S. The third-order valence-electron chi connectivity index (χ3n) is 3.34. The molecule has 1 amide bonds. The minimum atomic E-state index is -0.474. The summed E-state index contributed by atoms with van der Waals surface area (Å²) >= 11 is 1.48. The van der Waals surface area contributed by atoms with E-state index in [0.717, 1.165) is 23.4 Å². The normalized spacial score (nSPS) is 17.6. The number of ether oxygens (including phenoxy) is 1. The highest BCUT2D eigenvalue weighted by Gasteiger charge is 2.27. The van der Waals surface area contributed by atoms with E-state index in [9.17, 15) is 4.79 Å². The van der Waals surface area contributed by atoms with Gasteiger partial charge in [-0.2, -0.15) is 0 Å². The van der Waals surface area contributed by atoms with Crippen LogP contribution in [0.4, 0.5) is 5.13 Å². The van der Waals surface area contributed by atoms with Gasteiger partial charge in [0, 0.05) is 18.1 Å². The molecule has 0 aliphatic carbocycles. The van der Waals surface area contributed by atoms with Crippen molar-refractivity contribution < 1.29 is 9.53 Å². The fraction of sp³-hybridized carbons (Fsp3) is 0.667. The van der Waals surface area contributed by atoms with E-state index < -0.39 is 6.04 Å². The van der Waals surface area contributed by atoms with Crippen LogP contribution in [0.1, 0.15) is 23.4 Å². The molecular weight excluding hydrogens is 286 g/mol. The molecule has 0 aromatic carbocycles. The van der Waals surface area contributed by atoms with Crippen LogP contribution in [0.5, 0.6) is 0 Å². The number of hydrogen-bond acceptors (Lipinski definition) is 5. The van der Waals surface area contributed by atoms with Crippen LogP contribution in [0.25, 0.3) is 0 Å². The molecule has 1 atom stereocenters. The van der Waals surface area contributed by atoms with Gasteiger partial charge in [-0.3, -0.25) is 4.79 Å². The summed E-state index contributed by atoms with van der Waals surface area (Å²) in [5, 5.41) is 3.44. The summed E-state index contributed by atoms with van der Waals surface area (Å²) in [7, 11) is 0. The van der Waals surface area contributed by atoms with Crippen LogP contribution in [0.2, 0.25) is 0 Å². The number of nitrogens with two attached hydrogens (primary N) is 1. The van der Waals surface area contributed by atoms with Gasteiger partial charge < -0.3 is 15.8 Å². The van der Waals surface area contributed by atoms with Crippen LogP contribution in [-0.4, -0.2) is 30.1 Å². The zero-order valence-electron chi connectivity index (χ0n) is 11.1. The van der Waals surface area contributed by atoms with E-state index in [-0.39, 0.29) is 24.2 Å². The maximum Gasteiger partial charge on any atom is 0.243 e. The molecule has 1 fully saturated rings. The van der Waals surface area contributed by atoms with Crippen LogP contribution < -0.4 is 11.1 Å². The predicted octanol–water partition coefficient (Wildman–Crippen LogP) is 1.87. The second-order valence-electron chi connectivity index (χ2n) is 4.63. The monoisotopic (exact) mass is 305 g/mol. The lowest BCUT2D eigenvalue weighted by Gasteiger charge is -2.26. The molecule has 0 saturated carbocycles. The first-order valence-corrected chi connectivity index (χ1v) is 6.98. The molecule has 5 nitrogen and oxygen atoms in total. The summed E-state index contributed by atoms with van der Waals surface area (Å²) in [5.74, 6) is 0.0663. The molecule has 1 aromatic heterocycles. The molecule has 0 spiro atoms. The fourth-order valence-corrected chi connectivity index (χ4v) is 2.82. The van der Waals surface area contributed by atoms with Crippen LogP contribution >= 0.6 is 23.7 Å². The third kappa shape index (κ3) is 4.14. The first kappa shape index (κ1) is 16.4. The molecule has 7 heteroatoms. The number of hydrogen-bond donors (Lipinski definition) is 2. The number of aromatic nitrogens is 1. The van der Waals surface area contributed by atoms with Gasteiger partial charge in [-0.25, -0.2) is 4.98 Å². The van der Waals surface area contributed by atoms with E-state index in [0.29, 0.717) is 18.3 Å². The van der Waals surface area contributed by atoms with Crippen molar-refractivity contribution in [2.75, 3.05) is 18.5 Å². The Balaban J connectivity index is 0.00000180. The summed E-state index contributed by atoms with van der Waals surface area (Å²) in [6.45, 7) is 5.31. The average molecular weight is 306 g/mol. The highest BCUT2D eigenvalue weighted by Crippen LogP contribution is 2.23. The quantitative estimate of drug-likeness (QED) is 0.894. The van der Waals surface area contributed by atoms with E-state index >= 15 is 0 Å². The zero-order valence-corrected chi connectivity index (χ0v) is 12.8. The van der Waals surface area contributed by atoms with Crippen LogP contribution in [-0.2, 0) is 9.53 Å². The van der Waals surface area contributed by atoms with Crippen LogP contribution in [0.3, 0.4) is 0 Å². The Bertz CT molecular complexity index is 413. The lowest BCUT2D eigenvalue weighted by Crippen LogP contribution is -2.43. The Labute approximate surface area is 123 Å². The predicted molar refractivity (Wildman–Crippen MR) is 79.0 cm³/mol. The molecule has 1 aromatic rings. The van der Waals surface area contributed by atoms with Gasteiger partial charge in [0.2, 0.25) is 5.91 Å². The fourth-order valence-electron chi connectivity index (χ4n) is 2.00. The number of rotatable bonds is 3. The number of nitrogens with one attached hydrogen (secondary N) is 1. The number of thiazole rings is 1. The van der Waals surface area contributed by atoms with Crippen LogP contribution in [0.15, 0.2) is 0 Å². The lowest BCUT2D eigenvalue weighted by atomic mass is 9.92. The summed E-state index contributed by atoms with van der Waals surface area (Å²) in [4.78, 5) is 17.4. The van der Waals surface area contributed by atoms with Crippen molar-refractivity contribution in [3.05, 3.63) is 10.6 Å². The first-order chi connectivity index (χ1) is 8.58. The van der Waals surface area contributed by atoms with E-state index in [1.54, 1.807) is 0 Å². The Morgan fingerprint density at radius 2 is 2.11 bits per heavy atom. The maximum atomic E-state index is 12.0. The first-order valence-electron chi connectivity index (χ1n) is 6.16. The van der Waals surface area contributed by atoms with Gasteiger partial charge in [-0.1, -0.05) is 0 Å². The highest BCUT2D eigenvalue weighted by atomic mass is 35.5. The van der Waals surface area contributed by atoms with Gasteiger partial charge in [0.25, 0.3) is 0 Å². The standard InChI is InChI=1S/C12H19N3O2S.ClH/c1-7-8(2)18-12(14-7)15-11(16)10(13)9-3-5-17-6-4-9;/h9-10H,3-6,13H2,1-2H3,(H,14,15,16);1H. The van der Waals surface area contributed by atoms with Crippen molar-refractivity contribution in [2.45, 2.75) is 32.7 Å². The van der Waals surface area contributed by atoms with Gasteiger partial charge in [0.1, 0.15) is 0 Å². The second-order valence-corrected chi connectivity index (χ2v) is 5.83. The van der Waals surface area contributed by atoms with Crippen molar-refractivity contribution in [2.24, 2.45) is 11.7 Å². The largest absolute Gasteiger partial charge is 0.381 e. The summed E-state index contributed by atoms with van der Waals surface area (Å²) in [6, 6.07) is -0.474. The van der Waals surface area contributed by atoms with Crippen molar-refractivity contribution in [1.29, 1.82) is 0 Å². The molecule has 2 heterocycles. The van der Waals surface area contributed by atoms with E-state index in [1.807, 2.05) is 13.8 Å². The van der Waals surface area contributed by atoms with E-state index in [4.69, 9.17) is 10.5 Å². The summed E-state index contributed by atoms with van der Waals surface area (Å²) < 4.78 is 5.27. The smallest absolute Gasteiger partial charge is 0.243 e. The summed E-state index contributed by atoms with van der Waals surface area (Å²) in [6.07, 6.45) is 1.70. The zero-order chi connectivity index (χ0) is 13.1. The van der Waals surface area contributed by atoms with Crippen molar-refractivity contribution >= 4 is 34.8 Å². The molecule has 1 saturated heterocycles. The number of halogens is 1. The topological polar surface area (TPSA) is 77.2 Å². The van der Waals surface area contributed by atoms with Crippen LogP contribution in [0, 0.1) is 19.8 Å². The van der Waals surface area contributed by atoms with Gasteiger partial charge in [-0.05, 0) is 32.6 Å². The molecule has 0 bridgehead atoms. The highest BCUT2D eigenvalue weighted by molar-refractivity contribution is 7.15. The molecule has 1 aliphatic rings. The molecule has 108 valence electrons. The van der Waals surface area contributed by atoms with E-state index in [2.05, 4.69) is 10.3 Å². The number of amides is 1. The average Bonchev–Trinajstić information content (AvgIpc) is 2.68. The van der Waals surface area contributed by atoms with Crippen molar-refractivity contribution in [3.8, 4) is 0 Å². The lowest BCUT2D eigenvalue weighted by molar-refractivity contribution is -0.119. The minimum absolute atomic E-state index is 0. The third-order valence-corrected chi connectivity index (χ3v) is 4.32. The summed E-state index contributed by atoms with van der Waals surface area (Å²) in [5.41, 5.74) is 6.95. The number of nitrogens with zero attached hydrogens (tertiary/aromatic N) is 1. The molecule has 19 heavy (non-hydrogen) atoms. The minimum Gasteiger partial charge on any atom is -0.381 e. The number of anilines is 1. The Kier molecular flexibility index (Phi) is 6.19. The SMILES string of the molecule is Cc1nc(NC(=O)C(N)C2CCOCC2)sc1C.Cl. The molecule has 1 aliphatic heterocycles. The second kappa shape index (κ2) is 7.19. The Hall–Kier alpha value is -0.690. The van der Waals surface area contributed by atoms with Gasteiger partial charge in [0.05, 0.1) is 11.7 Å². The Morgan fingerprint density at radius 1 is 1.47 bits per heavy atom. The van der Waals surface area contributed by atoms with Crippen molar-refractivity contribution in [1.82, 2.24) is 4.98 Å². The molecule has 2 rings (SSSR count). The van der Waals surface area contributed by atoms with Crippen molar-refractivity contribution in [3.63, 3.8) is 0 Å². The Morgan fingerprint density at radius 3 is 2.63 bits per heavy atom. The molecule has 1 unspecified atom stereocenters.